The van der Waals surface area contributed by atoms with Crippen molar-refractivity contribution in [3.05, 3.63) is 0 Å². The van der Waals surface area contributed by atoms with E-state index in [4.69, 9.17) is 4.79 Å². The summed E-state index contributed by atoms with van der Waals surface area (Å²) in [6.07, 6.45) is -4.06. The highest BCUT2D eigenvalue weighted by Crippen LogP contribution is 2.11. The van der Waals surface area contributed by atoms with Crippen LogP contribution in [-0.2, 0) is 4.79 Å². The predicted octanol–water partition coefficient (Wildman–Crippen LogP) is 0.583. The SMILES string of the molecule is C=O.CNCC(F)(F)F. The van der Waals surface area contributed by atoms with Gasteiger partial charge in [-0.05, 0) is 7.05 Å². The van der Waals surface area contributed by atoms with Crippen molar-refractivity contribution in [2.45, 2.75) is 6.18 Å². The van der Waals surface area contributed by atoms with Crippen molar-refractivity contribution in [3.63, 3.8) is 0 Å². The highest BCUT2D eigenvalue weighted by molar-refractivity contribution is 5.10. The molecule has 0 fully saturated rings. The van der Waals surface area contributed by atoms with Crippen LogP contribution in [0.5, 0.6) is 0 Å². The van der Waals surface area contributed by atoms with Gasteiger partial charge in [0.1, 0.15) is 6.79 Å². The Morgan fingerprint density at radius 1 is 1.44 bits per heavy atom. The molecule has 0 heterocycles. The van der Waals surface area contributed by atoms with Gasteiger partial charge in [-0.15, -0.1) is 0 Å². The van der Waals surface area contributed by atoms with E-state index >= 15 is 0 Å². The lowest BCUT2D eigenvalue weighted by molar-refractivity contribution is -0.123. The van der Waals surface area contributed by atoms with Crippen molar-refractivity contribution in [1.29, 1.82) is 0 Å². The molecular formula is C4H8F3NO. The van der Waals surface area contributed by atoms with Crippen molar-refractivity contribution in [1.82, 2.24) is 5.32 Å². The summed E-state index contributed by atoms with van der Waals surface area (Å²) in [5.74, 6) is 0. The minimum Gasteiger partial charge on any atom is -0.312 e. The van der Waals surface area contributed by atoms with Crippen molar-refractivity contribution in [2.75, 3.05) is 13.6 Å². The molecule has 0 saturated carbocycles. The lowest BCUT2D eigenvalue weighted by Crippen LogP contribution is -2.25. The zero-order valence-corrected chi connectivity index (χ0v) is 4.96. The first kappa shape index (κ1) is 11.2. The second-order valence-electron chi connectivity index (χ2n) is 1.15. The lowest BCUT2D eigenvalue weighted by atomic mass is 10.6. The van der Waals surface area contributed by atoms with E-state index in [1.165, 1.54) is 7.05 Å². The molecular weight excluding hydrogens is 135 g/mol. The largest absolute Gasteiger partial charge is 0.401 e. The molecule has 0 radical (unpaired) electrons. The van der Waals surface area contributed by atoms with Gasteiger partial charge in [0, 0.05) is 0 Å². The number of carbonyl (C=O) groups excluding carboxylic acids is 1. The zero-order valence-electron chi connectivity index (χ0n) is 4.96. The Morgan fingerprint density at radius 3 is 1.78 bits per heavy atom. The fraction of sp³-hybridized carbons (Fsp3) is 0.750. The first-order valence-corrected chi connectivity index (χ1v) is 2.06. The summed E-state index contributed by atoms with van der Waals surface area (Å²) in [5.41, 5.74) is 0. The van der Waals surface area contributed by atoms with Gasteiger partial charge in [0.05, 0.1) is 6.54 Å². The van der Waals surface area contributed by atoms with E-state index < -0.39 is 12.7 Å². The molecule has 0 aliphatic rings. The molecule has 5 heteroatoms. The fourth-order valence-corrected chi connectivity index (χ4v) is 0.200. The number of halogens is 3. The van der Waals surface area contributed by atoms with Gasteiger partial charge in [0.2, 0.25) is 0 Å². The molecule has 0 aliphatic heterocycles. The van der Waals surface area contributed by atoms with Gasteiger partial charge in [0.25, 0.3) is 0 Å². The van der Waals surface area contributed by atoms with Gasteiger partial charge < -0.3 is 10.1 Å². The maximum atomic E-state index is 11.0. The summed E-state index contributed by atoms with van der Waals surface area (Å²) < 4.78 is 33.0. The molecule has 0 spiro atoms. The van der Waals surface area contributed by atoms with Crippen molar-refractivity contribution >= 4 is 6.79 Å². The fourth-order valence-electron chi connectivity index (χ4n) is 0.200. The van der Waals surface area contributed by atoms with Gasteiger partial charge in [-0.2, -0.15) is 13.2 Å². The molecule has 0 rings (SSSR count). The van der Waals surface area contributed by atoms with E-state index in [2.05, 4.69) is 0 Å². The molecule has 0 unspecified atom stereocenters. The maximum Gasteiger partial charge on any atom is 0.401 e. The highest BCUT2D eigenvalue weighted by Gasteiger charge is 2.24. The van der Waals surface area contributed by atoms with Gasteiger partial charge >= 0.3 is 6.18 Å². The summed E-state index contributed by atoms with van der Waals surface area (Å²) in [7, 11) is 1.26. The Morgan fingerprint density at radius 2 is 1.78 bits per heavy atom. The van der Waals surface area contributed by atoms with Crippen molar-refractivity contribution in [2.24, 2.45) is 0 Å². The van der Waals surface area contributed by atoms with Crippen LogP contribution in [-0.4, -0.2) is 26.6 Å². The number of carbonyl (C=O) groups is 1. The number of hydrogen-bond acceptors (Lipinski definition) is 2. The van der Waals surface area contributed by atoms with Crippen molar-refractivity contribution in [3.8, 4) is 0 Å². The second-order valence-corrected chi connectivity index (χ2v) is 1.15. The second kappa shape index (κ2) is 5.55. The summed E-state index contributed by atoms with van der Waals surface area (Å²) in [6.45, 7) is 1.09. The van der Waals surface area contributed by atoms with Gasteiger partial charge in [-0.3, -0.25) is 0 Å². The third-order valence-corrected chi connectivity index (χ3v) is 0.377. The molecule has 2 nitrogen and oxygen atoms in total. The van der Waals surface area contributed by atoms with Crippen LogP contribution in [0.3, 0.4) is 0 Å². The lowest BCUT2D eigenvalue weighted by Gasteiger charge is -2.01. The Hall–Kier alpha value is -0.580. The Bertz CT molecular complexity index is 63.3. The molecule has 1 N–H and O–H groups in total. The van der Waals surface area contributed by atoms with Gasteiger partial charge in [0.15, 0.2) is 0 Å². The monoisotopic (exact) mass is 143 g/mol. The molecule has 56 valence electrons. The first-order valence-electron chi connectivity index (χ1n) is 2.06. The van der Waals surface area contributed by atoms with Crippen LogP contribution in [0.2, 0.25) is 0 Å². The van der Waals surface area contributed by atoms with E-state index in [1.54, 1.807) is 0 Å². The summed E-state index contributed by atoms with van der Waals surface area (Å²) in [4.78, 5) is 8.00. The first-order chi connectivity index (χ1) is 4.06. The minimum absolute atomic E-state index is 0.910. The molecule has 9 heavy (non-hydrogen) atoms. The predicted molar refractivity (Wildman–Crippen MR) is 27.1 cm³/mol. The topological polar surface area (TPSA) is 29.1 Å². The van der Waals surface area contributed by atoms with Crippen LogP contribution in [0.4, 0.5) is 13.2 Å². The highest BCUT2D eigenvalue weighted by atomic mass is 19.4. The van der Waals surface area contributed by atoms with E-state index in [9.17, 15) is 13.2 Å². The van der Waals surface area contributed by atoms with E-state index in [0.717, 1.165) is 0 Å². The summed E-state index contributed by atoms with van der Waals surface area (Å²) in [6, 6.07) is 0. The average molecular weight is 143 g/mol. The number of hydrogen-bond donors (Lipinski definition) is 1. The molecule has 0 aromatic rings. The molecule has 0 atom stereocenters. The van der Waals surface area contributed by atoms with Crippen molar-refractivity contribution < 1.29 is 18.0 Å². The molecule has 0 aromatic carbocycles. The van der Waals surface area contributed by atoms with Gasteiger partial charge in [-0.1, -0.05) is 0 Å². The maximum absolute atomic E-state index is 11.0. The normalized spacial score (nSPS) is 9.78. The van der Waals surface area contributed by atoms with Crippen LogP contribution in [0.1, 0.15) is 0 Å². The van der Waals surface area contributed by atoms with Crippen LogP contribution in [0.25, 0.3) is 0 Å². The third-order valence-electron chi connectivity index (χ3n) is 0.377. The number of alkyl halides is 3. The molecule has 0 amide bonds. The number of nitrogens with one attached hydrogen (secondary N) is 1. The van der Waals surface area contributed by atoms with Crippen LogP contribution < -0.4 is 5.32 Å². The molecule has 0 aromatic heterocycles. The Labute approximate surface area is 51.0 Å². The quantitative estimate of drug-likeness (QED) is 0.581. The van der Waals surface area contributed by atoms with E-state index in [-0.39, 0.29) is 0 Å². The smallest absolute Gasteiger partial charge is 0.312 e. The van der Waals surface area contributed by atoms with Gasteiger partial charge in [-0.25, -0.2) is 0 Å². The Balaban J connectivity index is 0. The molecule has 0 bridgehead atoms. The van der Waals surface area contributed by atoms with Crippen LogP contribution in [0.15, 0.2) is 0 Å². The standard InChI is InChI=1S/C3H6F3N.CH2O/c1-7-2-3(4,5)6;1-2/h7H,2H2,1H3;1H2. The average Bonchev–Trinajstić information content (AvgIpc) is 1.69. The summed E-state index contributed by atoms with van der Waals surface area (Å²) >= 11 is 0. The summed E-state index contributed by atoms with van der Waals surface area (Å²) in [5, 5.41) is 1.98. The van der Waals surface area contributed by atoms with Crippen LogP contribution >= 0.6 is 0 Å². The van der Waals surface area contributed by atoms with Crippen LogP contribution in [0, 0.1) is 0 Å². The van der Waals surface area contributed by atoms with E-state index in [1.807, 2.05) is 12.1 Å². The van der Waals surface area contributed by atoms with E-state index in [0.29, 0.717) is 0 Å². The Kier molecular flexibility index (Phi) is 6.94. The zero-order chi connectivity index (χ0) is 7.91. The third kappa shape index (κ3) is 18.6. The number of rotatable bonds is 1. The molecule has 0 saturated heterocycles. The minimum atomic E-state index is -4.06. The molecule has 0 aliphatic carbocycles.